The molecule has 108 valence electrons. The summed E-state index contributed by atoms with van der Waals surface area (Å²) >= 11 is 0. The van der Waals surface area contributed by atoms with Gasteiger partial charge in [0.25, 0.3) is 0 Å². The lowest BCUT2D eigenvalue weighted by Crippen LogP contribution is -2.54. The highest BCUT2D eigenvalue weighted by atomic mass is 15.3. The zero-order chi connectivity index (χ0) is 14.6. The molecular formula is C16H24N4. The summed E-state index contributed by atoms with van der Waals surface area (Å²) < 4.78 is 0. The van der Waals surface area contributed by atoms with Gasteiger partial charge in [-0.3, -0.25) is 0 Å². The highest BCUT2D eigenvalue weighted by molar-refractivity contribution is 5.89. The summed E-state index contributed by atoms with van der Waals surface area (Å²) in [7, 11) is 0. The van der Waals surface area contributed by atoms with E-state index in [0.717, 1.165) is 57.1 Å². The van der Waals surface area contributed by atoms with Crippen LogP contribution < -0.4 is 5.43 Å². The van der Waals surface area contributed by atoms with Gasteiger partial charge in [0.15, 0.2) is 0 Å². The summed E-state index contributed by atoms with van der Waals surface area (Å²) in [6.45, 7) is 4.13. The third-order valence-corrected chi connectivity index (χ3v) is 5.25. The molecule has 0 amide bonds. The Hall–Kier alpha value is -1.55. The fourth-order valence-electron chi connectivity index (χ4n) is 3.33. The first-order chi connectivity index (χ1) is 9.54. The first kappa shape index (κ1) is 14.9. The van der Waals surface area contributed by atoms with Crippen LogP contribution in [0.3, 0.4) is 0 Å². The molecule has 2 fully saturated rings. The minimum Gasteiger partial charge on any atom is -0.303 e. The molecule has 0 bridgehead atoms. The standard InChI is InChI=1S/C16H24N4/c1-15(12-18)9-5-6-10-16(15,2)20-19-14-8-4-3-7-13(14)11-17/h13,20H,3-10H2,1-2H3. The van der Waals surface area contributed by atoms with Crippen molar-refractivity contribution < 1.29 is 0 Å². The molecule has 4 heteroatoms. The van der Waals surface area contributed by atoms with E-state index >= 15 is 0 Å². The van der Waals surface area contributed by atoms with Crippen molar-refractivity contribution in [1.82, 2.24) is 5.43 Å². The van der Waals surface area contributed by atoms with E-state index in [-0.39, 0.29) is 16.9 Å². The van der Waals surface area contributed by atoms with Gasteiger partial charge in [-0.15, -0.1) is 0 Å². The van der Waals surface area contributed by atoms with Crippen molar-refractivity contribution in [2.24, 2.45) is 16.4 Å². The van der Waals surface area contributed by atoms with Crippen molar-refractivity contribution in [2.45, 2.75) is 70.8 Å². The largest absolute Gasteiger partial charge is 0.303 e. The van der Waals surface area contributed by atoms with Crippen LogP contribution in [0.1, 0.15) is 65.2 Å². The molecule has 4 nitrogen and oxygen atoms in total. The topological polar surface area (TPSA) is 72.0 Å². The molecule has 0 spiro atoms. The van der Waals surface area contributed by atoms with Gasteiger partial charge in [-0.05, 0) is 46.0 Å². The SMILES string of the molecule is CC1(C#N)CCCCC1(C)NN=C1CCCCC1C#N. The Kier molecular flexibility index (Phi) is 4.33. The van der Waals surface area contributed by atoms with Gasteiger partial charge >= 0.3 is 0 Å². The predicted octanol–water partition coefficient (Wildman–Crippen LogP) is 3.51. The minimum atomic E-state index is -0.383. The molecule has 2 saturated carbocycles. The monoisotopic (exact) mass is 272 g/mol. The molecule has 0 aliphatic heterocycles. The van der Waals surface area contributed by atoms with Crippen molar-refractivity contribution in [3.05, 3.63) is 0 Å². The molecule has 3 unspecified atom stereocenters. The molecule has 0 aromatic rings. The van der Waals surface area contributed by atoms with E-state index in [0.29, 0.717) is 0 Å². The fourth-order valence-corrected chi connectivity index (χ4v) is 3.33. The first-order valence-corrected chi connectivity index (χ1v) is 7.69. The molecule has 2 rings (SSSR count). The highest BCUT2D eigenvalue weighted by Gasteiger charge is 2.47. The Morgan fingerprint density at radius 2 is 1.90 bits per heavy atom. The van der Waals surface area contributed by atoms with Crippen LogP contribution in [0.15, 0.2) is 5.10 Å². The smallest absolute Gasteiger partial charge is 0.0863 e. The van der Waals surface area contributed by atoms with E-state index in [1.165, 1.54) is 0 Å². The molecule has 3 atom stereocenters. The third kappa shape index (κ3) is 2.66. The van der Waals surface area contributed by atoms with Gasteiger partial charge in [-0.1, -0.05) is 19.3 Å². The number of hydrogen-bond donors (Lipinski definition) is 1. The lowest BCUT2D eigenvalue weighted by molar-refractivity contribution is 0.114. The van der Waals surface area contributed by atoms with Crippen LogP contribution in [0.25, 0.3) is 0 Å². The molecular weight excluding hydrogens is 248 g/mol. The summed E-state index contributed by atoms with van der Waals surface area (Å²) in [5.41, 5.74) is 3.60. The van der Waals surface area contributed by atoms with Gasteiger partial charge in [-0.2, -0.15) is 15.6 Å². The Morgan fingerprint density at radius 3 is 2.60 bits per heavy atom. The van der Waals surface area contributed by atoms with Gasteiger partial charge in [-0.25, -0.2) is 0 Å². The van der Waals surface area contributed by atoms with E-state index in [4.69, 9.17) is 0 Å². The van der Waals surface area contributed by atoms with E-state index in [2.05, 4.69) is 29.6 Å². The third-order valence-electron chi connectivity index (χ3n) is 5.25. The number of hydrogen-bond acceptors (Lipinski definition) is 4. The van der Waals surface area contributed by atoms with Crippen LogP contribution in [-0.4, -0.2) is 11.3 Å². The summed E-state index contributed by atoms with van der Waals surface area (Å²) in [5.74, 6) is -0.0446. The highest BCUT2D eigenvalue weighted by Crippen LogP contribution is 2.43. The van der Waals surface area contributed by atoms with Crippen LogP contribution in [0.5, 0.6) is 0 Å². The van der Waals surface area contributed by atoms with Crippen molar-refractivity contribution in [2.75, 3.05) is 0 Å². The summed E-state index contributed by atoms with van der Waals surface area (Å²) in [6.07, 6.45) is 8.18. The molecule has 2 aliphatic rings. The van der Waals surface area contributed by atoms with Gasteiger partial charge in [0.1, 0.15) is 0 Å². The number of rotatable bonds is 2. The Morgan fingerprint density at radius 1 is 1.15 bits per heavy atom. The van der Waals surface area contributed by atoms with Crippen molar-refractivity contribution in [3.8, 4) is 12.1 Å². The Bertz CT molecular complexity index is 470. The van der Waals surface area contributed by atoms with E-state index in [1.54, 1.807) is 0 Å². The number of nitrogens with one attached hydrogen (secondary N) is 1. The normalized spacial score (nSPS) is 39.8. The minimum absolute atomic E-state index is 0.0446. The van der Waals surface area contributed by atoms with Gasteiger partial charge < -0.3 is 5.43 Å². The van der Waals surface area contributed by atoms with Crippen LogP contribution >= 0.6 is 0 Å². The van der Waals surface area contributed by atoms with Gasteiger partial charge in [0.2, 0.25) is 0 Å². The average Bonchev–Trinajstić information content (AvgIpc) is 2.49. The Balaban J connectivity index is 2.15. The lowest BCUT2D eigenvalue weighted by Gasteiger charge is -2.45. The van der Waals surface area contributed by atoms with Gasteiger partial charge in [0.05, 0.1) is 34.7 Å². The molecule has 0 heterocycles. The van der Waals surface area contributed by atoms with E-state index in [9.17, 15) is 10.5 Å². The quantitative estimate of drug-likeness (QED) is 0.782. The maximum atomic E-state index is 9.53. The van der Waals surface area contributed by atoms with E-state index < -0.39 is 0 Å². The second kappa shape index (κ2) is 5.83. The van der Waals surface area contributed by atoms with E-state index in [1.807, 2.05) is 6.92 Å². The molecule has 0 saturated heterocycles. The number of nitriles is 2. The summed E-state index contributed by atoms with van der Waals surface area (Å²) in [5, 5.41) is 23.3. The molecule has 1 N–H and O–H groups in total. The van der Waals surface area contributed by atoms with Crippen molar-refractivity contribution in [3.63, 3.8) is 0 Å². The molecule has 0 aromatic heterocycles. The second-order valence-electron chi connectivity index (χ2n) is 6.63. The lowest BCUT2D eigenvalue weighted by atomic mass is 9.64. The summed E-state index contributed by atoms with van der Waals surface area (Å²) in [6, 6.07) is 4.84. The van der Waals surface area contributed by atoms with Crippen molar-refractivity contribution in [1.29, 1.82) is 10.5 Å². The molecule has 0 radical (unpaired) electrons. The predicted molar refractivity (Wildman–Crippen MR) is 78.7 cm³/mol. The van der Waals surface area contributed by atoms with Gasteiger partial charge in [0, 0.05) is 0 Å². The summed E-state index contributed by atoms with van der Waals surface area (Å²) in [4.78, 5) is 0. The maximum absolute atomic E-state index is 9.53. The number of nitrogens with zero attached hydrogens (tertiary/aromatic N) is 3. The van der Waals surface area contributed by atoms with Crippen LogP contribution in [0.4, 0.5) is 0 Å². The maximum Gasteiger partial charge on any atom is 0.0863 e. The van der Waals surface area contributed by atoms with Crippen LogP contribution in [0, 0.1) is 34.0 Å². The first-order valence-electron chi connectivity index (χ1n) is 7.69. The van der Waals surface area contributed by atoms with Crippen molar-refractivity contribution >= 4 is 5.71 Å². The number of hydrazone groups is 1. The molecule has 20 heavy (non-hydrogen) atoms. The molecule has 2 aliphatic carbocycles. The second-order valence-corrected chi connectivity index (χ2v) is 6.63. The Labute approximate surface area is 121 Å². The van der Waals surface area contributed by atoms with Crippen LogP contribution in [-0.2, 0) is 0 Å². The zero-order valence-electron chi connectivity index (χ0n) is 12.6. The fraction of sp³-hybridized carbons (Fsp3) is 0.812. The average molecular weight is 272 g/mol. The molecule has 0 aromatic carbocycles. The zero-order valence-corrected chi connectivity index (χ0v) is 12.6. The van der Waals surface area contributed by atoms with Crippen LogP contribution in [0.2, 0.25) is 0 Å².